The Labute approximate surface area is 82.8 Å². The first-order valence-corrected chi connectivity index (χ1v) is 4.55. The van der Waals surface area contributed by atoms with Gasteiger partial charge in [-0.15, -0.1) is 0 Å². The van der Waals surface area contributed by atoms with Crippen molar-refractivity contribution in [3.8, 4) is 0 Å². The van der Waals surface area contributed by atoms with Gasteiger partial charge >= 0.3 is 6.18 Å². The molecule has 1 rings (SSSR count). The predicted octanol–water partition coefficient (Wildman–Crippen LogP) is 4.35. The van der Waals surface area contributed by atoms with E-state index >= 15 is 0 Å². The van der Waals surface area contributed by atoms with Crippen LogP contribution in [0.1, 0.15) is 30.5 Å². The van der Waals surface area contributed by atoms with Gasteiger partial charge in [0.1, 0.15) is 0 Å². The van der Waals surface area contributed by atoms with E-state index in [-0.39, 0.29) is 0 Å². The fraction of sp³-hybridized carbons (Fsp3) is 0.455. The lowest BCUT2D eigenvalue weighted by molar-refractivity contribution is -0.137. The summed E-state index contributed by atoms with van der Waals surface area (Å²) >= 11 is 0. The van der Waals surface area contributed by atoms with Crippen molar-refractivity contribution in [2.24, 2.45) is 0 Å². The Hall–Kier alpha value is -0.990. The molecule has 0 bridgehead atoms. The van der Waals surface area contributed by atoms with Crippen LogP contribution in [0.5, 0.6) is 0 Å². The first-order chi connectivity index (χ1) is 6.39. The lowest BCUT2D eigenvalue weighted by atomic mass is 10.1. The summed E-state index contributed by atoms with van der Waals surface area (Å²) in [6.45, 7) is 7.31. The minimum absolute atomic E-state index is 0.569. The standard InChI is InChI=1S/C9H9F3.C2H6/c1-6-3-7(2)5-8(4-6)9(10,11)12;1-2/h3-5H,1-2H3;1-2H3. The number of aryl methyl sites for hydroxylation is 2. The van der Waals surface area contributed by atoms with Crippen molar-refractivity contribution in [2.75, 3.05) is 0 Å². The SMILES string of the molecule is CC.Cc1cc(C)cc(C(F)(F)F)c1. The highest BCUT2D eigenvalue weighted by Gasteiger charge is 2.30. The molecule has 0 N–H and O–H groups in total. The van der Waals surface area contributed by atoms with E-state index < -0.39 is 11.7 Å². The van der Waals surface area contributed by atoms with Crippen LogP contribution in [0.2, 0.25) is 0 Å². The quantitative estimate of drug-likeness (QED) is 0.589. The first-order valence-electron chi connectivity index (χ1n) is 4.55. The number of rotatable bonds is 0. The van der Waals surface area contributed by atoms with Gasteiger partial charge in [-0.05, 0) is 26.0 Å². The fourth-order valence-corrected chi connectivity index (χ4v) is 1.14. The van der Waals surface area contributed by atoms with Crippen molar-refractivity contribution < 1.29 is 13.2 Å². The first kappa shape index (κ1) is 13.0. The molecule has 3 heteroatoms. The largest absolute Gasteiger partial charge is 0.416 e. The zero-order valence-corrected chi connectivity index (χ0v) is 8.87. The molecule has 0 unspecified atom stereocenters. The Balaban J connectivity index is 0.000000791. The van der Waals surface area contributed by atoms with Crippen LogP contribution in [0.25, 0.3) is 0 Å². The lowest BCUT2D eigenvalue weighted by Crippen LogP contribution is -2.05. The van der Waals surface area contributed by atoms with Gasteiger partial charge in [0.25, 0.3) is 0 Å². The molecular weight excluding hydrogens is 189 g/mol. The molecule has 0 heterocycles. The maximum absolute atomic E-state index is 12.1. The molecule has 0 fully saturated rings. The van der Waals surface area contributed by atoms with Crippen molar-refractivity contribution in [3.05, 3.63) is 34.9 Å². The number of benzene rings is 1. The molecule has 0 radical (unpaired) electrons. The molecule has 1 aromatic rings. The second-order valence-electron chi connectivity index (χ2n) is 2.87. The minimum Gasteiger partial charge on any atom is -0.166 e. The average Bonchev–Trinajstić information content (AvgIpc) is 2.04. The molecule has 80 valence electrons. The zero-order valence-electron chi connectivity index (χ0n) is 8.87. The molecule has 0 atom stereocenters. The predicted molar refractivity (Wildman–Crippen MR) is 52.3 cm³/mol. The molecule has 1 aromatic carbocycles. The maximum Gasteiger partial charge on any atom is 0.416 e. The van der Waals surface area contributed by atoms with Gasteiger partial charge in [-0.1, -0.05) is 31.0 Å². The second kappa shape index (κ2) is 5.03. The Morgan fingerprint density at radius 3 is 1.50 bits per heavy atom. The highest BCUT2D eigenvalue weighted by Crippen LogP contribution is 2.30. The topological polar surface area (TPSA) is 0 Å². The molecule has 0 aliphatic carbocycles. The molecular formula is C11H15F3. The fourth-order valence-electron chi connectivity index (χ4n) is 1.14. The zero-order chi connectivity index (χ0) is 11.4. The molecule has 14 heavy (non-hydrogen) atoms. The van der Waals surface area contributed by atoms with E-state index in [0.717, 1.165) is 12.1 Å². The lowest BCUT2D eigenvalue weighted by Gasteiger charge is -2.08. The number of halogens is 3. The highest BCUT2D eigenvalue weighted by atomic mass is 19.4. The van der Waals surface area contributed by atoms with Gasteiger partial charge < -0.3 is 0 Å². The summed E-state index contributed by atoms with van der Waals surface area (Å²) in [4.78, 5) is 0. The van der Waals surface area contributed by atoms with Gasteiger partial charge in [0.2, 0.25) is 0 Å². The Morgan fingerprint density at radius 1 is 0.857 bits per heavy atom. The van der Waals surface area contributed by atoms with Gasteiger partial charge in [0, 0.05) is 0 Å². The van der Waals surface area contributed by atoms with Crippen LogP contribution in [-0.4, -0.2) is 0 Å². The third-order valence-corrected chi connectivity index (χ3v) is 1.55. The Bertz CT molecular complexity index is 267. The minimum atomic E-state index is -4.23. The van der Waals surface area contributed by atoms with E-state index in [1.807, 2.05) is 13.8 Å². The van der Waals surface area contributed by atoms with Crippen molar-refractivity contribution in [3.63, 3.8) is 0 Å². The third-order valence-electron chi connectivity index (χ3n) is 1.55. The maximum atomic E-state index is 12.1. The molecule has 0 spiro atoms. The summed E-state index contributed by atoms with van der Waals surface area (Å²) in [5.41, 5.74) is 0.713. The molecule has 0 aliphatic heterocycles. The van der Waals surface area contributed by atoms with E-state index in [2.05, 4.69) is 0 Å². The summed E-state index contributed by atoms with van der Waals surface area (Å²) in [5.74, 6) is 0. The van der Waals surface area contributed by atoms with Crippen LogP contribution < -0.4 is 0 Å². The molecule has 0 aliphatic rings. The van der Waals surface area contributed by atoms with Crippen LogP contribution in [0.4, 0.5) is 13.2 Å². The summed E-state index contributed by atoms with van der Waals surface area (Å²) in [5, 5.41) is 0. The van der Waals surface area contributed by atoms with Gasteiger partial charge in [0.05, 0.1) is 5.56 Å². The van der Waals surface area contributed by atoms with Gasteiger partial charge in [-0.2, -0.15) is 13.2 Å². The average molecular weight is 204 g/mol. The smallest absolute Gasteiger partial charge is 0.166 e. The molecule has 0 saturated heterocycles. The summed E-state index contributed by atoms with van der Waals surface area (Å²) in [6, 6.07) is 4.01. The van der Waals surface area contributed by atoms with Crippen LogP contribution in [0.3, 0.4) is 0 Å². The van der Waals surface area contributed by atoms with Crippen LogP contribution in [0, 0.1) is 13.8 Å². The summed E-state index contributed by atoms with van der Waals surface area (Å²) in [7, 11) is 0. The summed E-state index contributed by atoms with van der Waals surface area (Å²) in [6.07, 6.45) is -4.23. The van der Waals surface area contributed by atoms with Gasteiger partial charge in [-0.3, -0.25) is 0 Å². The van der Waals surface area contributed by atoms with E-state index in [1.165, 1.54) is 0 Å². The Kier molecular flexibility index (Phi) is 4.68. The van der Waals surface area contributed by atoms with Crippen LogP contribution in [0.15, 0.2) is 18.2 Å². The van der Waals surface area contributed by atoms with Crippen LogP contribution in [-0.2, 0) is 6.18 Å². The van der Waals surface area contributed by atoms with Crippen molar-refractivity contribution in [2.45, 2.75) is 33.9 Å². The summed E-state index contributed by atoms with van der Waals surface area (Å²) < 4.78 is 36.4. The van der Waals surface area contributed by atoms with Gasteiger partial charge in [-0.25, -0.2) is 0 Å². The second-order valence-corrected chi connectivity index (χ2v) is 2.87. The Morgan fingerprint density at radius 2 is 1.21 bits per heavy atom. The molecule has 0 amide bonds. The molecule has 0 aromatic heterocycles. The normalized spacial score (nSPS) is 10.5. The van der Waals surface area contributed by atoms with Crippen molar-refractivity contribution in [1.82, 2.24) is 0 Å². The molecule has 0 saturated carbocycles. The molecule has 0 nitrogen and oxygen atoms in total. The van der Waals surface area contributed by atoms with Crippen molar-refractivity contribution >= 4 is 0 Å². The monoisotopic (exact) mass is 204 g/mol. The van der Waals surface area contributed by atoms with E-state index in [9.17, 15) is 13.2 Å². The third kappa shape index (κ3) is 3.81. The number of hydrogen-bond acceptors (Lipinski definition) is 0. The van der Waals surface area contributed by atoms with Gasteiger partial charge in [0.15, 0.2) is 0 Å². The number of hydrogen-bond donors (Lipinski definition) is 0. The van der Waals surface area contributed by atoms with E-state index in [1.54, 1.807) is 19.9 Å². The number of alkyl halides is 3. The van der Waals surface area contributed by atoms with E-state index in [4.69, 9.17) is 0 Å². The van der Waals surface area contributed by atoms with Crippen molar-refractivity contribution in [1.29, 1.82) is 0 Å². The van der Waals surface area contributed by atoms with E-state index in [0.29, 0.717) is 11.1 Å². The van der Waals surface area contributed by atoms with Crippen LogP contribution >= 0.6 is 0 Å². The highest BCUT2D eigenvalue weighted by molar-refractivity contribution is 5.30.